The van der Waals surface area contributed by atoms with Crippen molar-refractivity contribution < 1.29 is 9.18 Å². The maximum atomic E-state index is 13.1. The molecule has 3 N–H and O–H groups in total. The first-order chi connectivity index (χ1) is 12.6. The van der Waals surface area contributed by atoms with Crippen LogP contribution in [0.4, 0.5) is 4.39 Å². The molecule has 1 amide bonds. The standard InChI is InChI=1S/C20H29FN4O/c1-23-20(25-12-15-4-2-3-5-16(15)13-25)24-11-17(19(22)26)10-14-6-8-18(21)9-7-14/h6-9,15-17H,2-5,10-13H2,1H3,(H2,22,26)(H,23,24). The number of nitrogens with one attached hydrogen (secondary N) is 1. The number of nitrogens with zero attached hydrogens (tertiary/aromatic N) is 2. The molecule has 2 fully saturated rings. The van der Waals surface area contributed by atoms with Crippen LogP contribution in [0.15, 0.2) is 29.3 Å². The second-order valence-electron chi connectivity index (χ2n) is 7.57. The molecular formula is C20H29FN4O. The van der Waals surface area contributed by atoms with Crippen LogP contribution in [-0.4, -0.2) is 43.4 Å². The molecule has 3 atom stereocenters. The fourth-order valence-corrected chi connectivity index (χ4v) is 4.30. The van der Waals surface area contributed by atoms with Crippen molar-refractivity contribution in [3.8, 4) is 0 Å². The summed E-state index contributed by atoms with van der Waals surface area (Å²) < 4.78 is 13.1. The number of guanidine groups is 1. The zero-order valence-corrected chi connectivity index (χ0v) is 15.5. The molecule has 6 heteroatoms. The van der Waals surface area contributed by atoms with Gasteiger partial charge in [0.05, 0.1) is 5.92 Å². The third-order valence-corrected chi connectivity index (χ3v) is 5.79. The SMILES string of the molecule is CN=C(NCC(Cc1ccc(F)cc1)C(N)=O)N1CC2CCCCC2C1. The van der Waals surface area contributed by atoms with Crippen LogP contribution < -0.4 is 11.1 Å². The molecule has 3 unspecified atom stereocenters. The Morgan fingerprint density at radius 2 is 1.88 bits per heavy atom. The molecule has 0 bridgehead atoms. The lowest BCUT2D eigenvalue weighted by molar-refractivity contribution is -0.121. The second-order valence-corrected chi connectivity index (χ2v) is 7.57. The summed E-state index contributed by atoms with van der Waals surface area (Å²) in [5.74, 6) is 1.40. The smallest absolute Gasteiger partial charge is 0.222 e. The summed E-state index contributed by atoms with van der Waals surface area (Å²) >= 11 is 0. The minimum Gasteiger partial charge on any atom is -0.369 e. The monoisotopic (exact) mass is 360 g/mol. The highest BCUT2D eigenvalue weighted by Crippen LogP contribution is 2.35. The van der Waals surface area contributed by atoms with Gasteiger partial charge in [-0.25, -0.2) is 4.39 Å². The zero-order chi connectivity index (χ0) is 18.5. The maximum Gasteiger partial charge on any atom is 0.222 e. The van der Waals surface area contributed by atoms with E-state index in [9.17, 15) is 9.18 Å². The predicted octanol–water partition coefficient (Wildman–Crippen LogP) is 2.17. The van der Waals surface area contributed by atoms with Crippen molar-refractivity contribution in [3.05, 3.63) is 35.6 Å². The number of benzene rings is 1. The van der Waals surface area contributed by atoms with Crippen LogP contribution in [0.5, 0.6) is 0 Å². The molecule has 1 saturated carbocycles. The van der Waals surface area contributed by atoms with E-state index in [4.69, 9.17) is 5.73 Å². The van der Waals surface area contributed by atoms with Gasteiger partial charge >= 0.3 is 0 Å². The van der Waals surface area contributed by atoms with E-state index in [0.29, 0.717) is 13.0 Å². The highest BCUT2D eigenvalue weighted by atomic mass is 19.1. The Morgan fingerprint density at radius 3 is 2.42 bits per heavy atom. The molecule has 1 saturated heterocycles. The average molecular weight is 360 g/mol. The Bertz CT molecular complexity index is 632. The van der Waals surface area contributed by atoms with Crippen molar-refractivity contribution in [2.45, 2.75) is 32.1 Å². The van der Waals surface area contributed by atoms with Crippen molar-refractivity contribution in [1.82, 2.24) is 10.2 Å². The van der Waals surface area contributed by atoms with Gasteiger partial charge in [-0.15, -0.1) is 0 Å². The lowest BCUT2D eigenvalue weighted by Crippen LogP contribution is -2.44. The summed E-state index contributed by atoms with van der Waals surface area (Å²) in [6, 6.07) is 6.22. The summed E-state index contributed by atoms with van der Waals surface area (Å²) in [7, 11) is 1.78. The highest BCUT2D eigenvalue weighted by molar-refractivity contribution is 5.82. The number of likely N-dealkylation sites (tertiary alicyclic amines) is 1. The number of carbonyl (C=O) groups is 1. The third-order valence-electron chi connectivity index (χ3n) is 5.79. The Kier molecular flexibility index (Phi) is 6.12. The molecule has 0 spiro atoms. The van der Waals surface area contributed by atoms with E-state index in [1.807, 2.05) is 0 Å². The second kappa shape index (κ2) is 8.52. The van der Waals surface area contributed by atoms with E-state index >= 15 is 0 Å². The van der Waals surface area contributed by atoms with Gasteiger partial charge in [-0.2, -0.15) is 0 Å². The van der Waals surface area contributed by atoms with Gasteiger partial charge in [0.25, 0.3) is 0 Å². The van der Waals surface area contributed by atoms with Crippen molar-refractivity contribution in [3.63, 3.8) is 0 Å². The quantitative estimate of drug-likeness (QED) is 0.624. The third kappa shape index (κ3) is 4.54. The number of primary amides is 1. The first-order valence-electron chi connectivity index (χ1n) is 9.56. The van der Waals surface area contributed by atoms with Gasteiger partial charge in [0.15, 0.2) is 5.96 Å². The number of hydrogen-bond donors (Lipinski definition) is 2. The molecule has 142 valence electrons. The lowest BCUT2D eigenvalue weighted by atomic mass is 9.82. The normalized spacial score (nSPS) is 24.2. The van der Waals surface area contributed by atoms with Crippen LogP contribution in [0.3, 0.4) is 0 Å². The van der Waals surface area contributed by atoms with Crippen molar-refractivity contribution in [2.75, 3.05) is 26.7 Å². The Hall–Kier alpha value is -2.11. The summed E-state index contributed by atoms with van der Waals surface area (Å²) in [5, 5.41) is 3.34. The van der Waals surface area contributed by atoms with E-state index < -0.39 is 0 Å². The maximum absolute atomic E-state index is 13.1. The van der Waals surface area contributed by atoms with Crippen molar-refractivity contribution in [1.29, 1.82) is 0 Å². The molecule has 1 heterocycles. The van der Waals surface area contributed by atoms with Crippen LogP contribution in [0, 0.1) is 23.6 Å². The van der Waals surface area contributed by atoms with Crippen molar-refractivity contribution >= 4 is 11.9 Å². The molecule has 1 aromatic rings. The van der Waals surface area contributed by atoms with Crippen molar-refractivity contribution in [2.24, 2.45) is 28.5 Å². The van der Waals surface area contributed by atoms with Gasteiger partial charge in [0, 0.05) is 26.7 Å². The highest BCUT2D eigenvalue weighted by Gasteiger charge is 2.35. The summed E-state index contributed by atoms with van der Waals surface area (Å²) in [5.41, 5.74) is 6.49. The molecule has 3 rings (SSSR count). The first kappa shape index (κ1) is 18.7. The topological polar surface area (TPSA) is 70.7 Å². The first-order valence-corrected chi connectivity index (χ1v) is 9.56. The number of amides is 1. The van der Waals surface area contributed by atoms with Crippen LogP contribution in [0.2, 0.25) is 0 Å². The number of aliphatic imine (C=N–C) groups is 1. The Morgan fingerprint density at radius 1 is 1.27 bits per heavy atom. The number of rotatable bonds is 5. The fraction of sp³-hybridized carbons (Fsp3) is 0.600. The molecule has 1 aromatic carbocycles. The van der Waals surface area contributed by atoms with Crippen LogP contribution >= 0.6 is 0 Å². The summed E-state index contributed by atoms with van der Waals surface area (Å²) in [6.07, 6.45) is 5.79. The van der Waals surface area contributed by atoms with E-state index in [1.54, 1.807) is 19.2 Å². The lowest BCUT2D eigenvalue weighted by Gasteiger charge is -2.23. The van der Waals surface area contributed by atoms with Crippen LogP contribution in [0.25, 0.3) is 0 Å². The van der Waals surface area contributed by atoms with Gasteiger partial charge < -0.3 is 16.0 Å². The predicted molar refractivity (Wildman–Crippen MR) is 101 cm³/mol. The molecule has 0 aromatic heterocycles. The van der Waals surface area contributed by atoms with Crippen LogP contribution in [-0.2, 0) is 11.2 Å². The molecule has 2 aliphatic rings. The Labute approximate surface area is 154 Å². The largest absolute Gasteiger partial charge is 0.369 e. The van der Waals surface area contributed by atoms with E-state index in [2.05, 4.69) is 15.2 Å². The molecular weight excluding hydrogens is 331 g/mol. The minimum atomic E-state index is -0.359. The minimum absolute atomic E-state index is 0.279. The molecule has 1 aliphatic heterocycles. The summed E-state index contributed by atoms with van der Waals surface area (Å²) in [4.78, 5) is 18.6. The van der Waals surface area contributed by atoms with E-state index in [1.165, 1.54) is 37.8 Å². The number of fused-ring (bicyclic) bond motifs is 1. The molecule has 26 heavy (non-hydrogen) atoms. The molecule has 0 radical (unpaired) electrons. The van der Waals surface area contributed by atoms with Gasteiger partial charge in [0.1, 0.15) is 5.82 Å². The number of halogens is 1. The Balaban J connectivity index is 1.57. The van der Waals surface area contributed by atoms with Crippen LogP contribution in [0.1, 0.15) is 31.2 Å². The van der Waals surface area contributed by atoms with Gasteiger partial charge in [-0.3, -0.25) is 9.79 Å². The molecule has 5 nitrogen and oxygen atoms in total. The average Bonchev–Trinajstić information content (AvgIpc) is 3.06. The fourth-order valence-electron chi connectivity index (χ4n) is 4.30. The zero-order valence-electron chi connectivity index (χ0n) is 15.5. The van der Waals surface area contributed by atoms with Gasteiger partial charge in [-0.1, -0.05) is 25.0 Å². The number of nitrogens with two attached hydrogens (primary N) is 1. The van der Waals surface area contributed by atoms with E-state index in [-0.39, 0.29) is 17.6 Å². The van der Waals surface area contributed by atoms with Gasteiger partial charge in [-0.05, 0) is 48.8 Å². The van der Waals surface area contributed by atoms with Gasteiger partial charge in [0.2, 0.25) is 5.91 Å². The van der Waals surface area contributed by atoms with E-state index in [0.717, 1.165) is 36.4 Å². The summed E-state index contributed by atoms with van der Waals surface area (Å²) in [6.45, 7) is 2.53. The number of hydrogen-bond acceptors (Lipinski definition) is 2. The number of carbonyl (C=O) groups excluding carboxylic acids is 1. The molecule has 1 aliphatic carbocycles.